The minimum atomic E-state index is -3.93. The van der Waals surface area contributed by atoms with Crippen molar-refractivity contribution in [1.29, 1.82) is 0 Å². The van der Waals surface area contributed by atoms with Gasteiger partial charge in [-0.25, -0.2) is 8.42 Å². The molecule has 0 bridgehead atoms. The van der Waals surface area contributed by atoms with E-state index in [0.717, 1.165) is 23.0 Å². The third kappa shape index (κ3) is 6.44. The molecule has 1 aliphatic heterocycles. The summed E-state index contributed by atoms with van der Waals surface area (Å²) in [6, 6.07) is 13.3. The standard InChI is InChI=1S/C23H31N3O5S/c1-3-31-21-8-6-20(7-9-21)26(32(28,29)22-10-4-19(2)5-11-22)18-23(27)24-12-13-25-14-16-30-17-15-25/h4-11H,3,12-18H2,1-2H3,(H,24,27). The predicted octanol–water partition coefficient (Wildman–Crippen LogP) is 2.04. The molecular weight excluding hydrogens is 430 g/mol. The summed E-state index contributed by atoms with van der Waals surface area (Å²) in [5, 5.41) is 2.84. The lowest BCUT2D eigenvalue weighted by Crippen LogP contribution is -2.44. The van der Waals surface area contributed by atoms with Crippen molar-refractivity contribution in [3.8, 4) is 5.75 Å². The van der Waals surface area contributed by atoms with Crippen LogP contribution in [-0.4, -0.2) is 71.8 Å². The molecule has 0 aromatic heterocycles. The number of nitrogens with one attached hydrogen (secondary N) is 1. The Hall–Kier alpha value is -2.62. The average Bonchev–Trinajstić information content (AvgIpc) is 2.79. The smallest absolute Gasteiger partial charge is 0.264 e. The Bertz CT molecular complexity index is 972. The Labute approximate surface area is 190 Å². The third-order valence-electron chi connectivity index (χ3n) is 5.19. The highest BCUT2D eigenvalue weighted by Gasteiger charge is 2.27. The summed E-state index contributed by atoms with van der Waals surface area (Å²) in [5.41, 5.74) is 1.36. The summed E-state index contributed by atoms with van der Waals surface area (Å²) in [7, 11) is -3.93. The van der Waals surface area contributed by atoms with E-state index in [1.807, 2.05) is 13.8 Å². The van der Waals surface area contributed by atoms with Crippen molar-refractivity contribution in [3.63, 3.8) is 0 Å². The van der Waals surface area contributed by atoms with Gasteiger partial charge in [-0.2, -0.15) is 0 Å². The van der Waals surface area contributed by atoms with Crippen LogP contribution in [0.3, 0.4) is 0 Å². The number of amides is 1. The second kappa shape index (κ2) is 11.3. The summed E-state index contributed by atoms with van der Waals surface area (Å²) in [5.74, 6) is 0.279. The van der Waals surface area contributed by atoms with Crippen molar-refractivity contribution in [2.24, 2.45) is 0 Å². The van der Waals surface area contributed by atoms with Gasteiger partial charge in [-0.15, -0.1) is 0 Å². The van der Waals surface area contributed by atoms with Crippen LogP contribution in [0.1, 0.15) is 12.5 Å². The number of nitrogens with zero attached hydrogens (tertiary/aromatic N) is 2. The first kappa shape index (κ1) is 24.0. The number of carbonyl (C=O) groups excluding carboxylic acids is 1. The molecule has 174 valence electrons. The SMILES string of the molecule is CCOc1ccc(N(CC(=O)NCCN2CCOCC2)S(=O)(=O)c2ccc(C)cc2)cc1. The first-order valence-corrected chi connectivity index (χ1v) is 12.2. The molecule has 0 spiro atoms. The van der Waals surface area contributed by atoms with E-state index < -0.39 is 10.0 Å². The van der Waals surface area contributed by atoms with Crippen molar-refractivity contribution in [2.45, 2.75) is 18.7 Å². The third-order valence-corrected chi connectivity index (χ3v) is 6.97. The van der Waals surface area contributed by atoms with E-state index in [0.29, 0.717) is 44.3 Å². The van der Waals surface area contributed by atoms with E-state index in [9.17, 15) is 13.2 Å². The number of carbonyl (C=O) groups is 1. The Kier molecular flexibility index (Phi) is 8.49. The zero-order valence-corrected chi connectivity index (χ0v) is 19.4. The largest absolute Gasteiger partial charge is 0.494 e. The summed E-state index contributed by atoms with van der Waals surface area (Å²) < 4.78 is 38.7. The topological polar surface area (TPSA) is 88.2 Å². The number of aryl methyl sites for hydroxylation is 1. The van der Waals surface area contributed by atoms with Gasteiger partial charge in [0.2, 0.25) is 5.91 Å². The maximum Gasteiger partial charge on any atom is 0.264 e. The Balaban J connectivity index is 1.75. The van der Waals surface area contributed by atoms with Gasteiger partial charge in [-0.1, -0.05) is 17.7 Å². The van der Waals surface area contributed by atoms with E-state index in [1.54, 1.807) is 48.5 Å². The highest BCUT2D eigenvalue weighted by atomic mass is 32.2. The van der Waals surface area contributed by atoms with Crippen LogP contribution in [0.25, 0.3) is 0 Å². The van der Waals surface area contributed by atoms with Crippen molar-refractivity contribution in [3.05, 3.63) is 54.1 Å². The lowest BCUT2D eigenvalue weighted by atomic mass is 10.2. The second-order valence-electron chi connectivity index (χ2n) is 7.56. The van der Waals surface area contributed by atoms with Crippen LogP contribution in [0.15, 0.2) is 53.4 Å². The number of anilines is 1. The van der Waals surface area contributed by atoms with Crippen LogP contribution in [0.5, 0.6) is 5.75 Å². The molecule has 1 amide bonds. The summed E-state index contributed by atoms with van der Waals surface area (Å²) in [6.07, 6.45) is 0. The monoisotopic (exact) mass is 461 g/mol. The molecule has 32 heavy (non-hydrogen) atoms. The van der Waals surface area contributed by atoms with E-state index in [2.05, 4.69) is 10.2 Å². The van der Waals surface area contributed by atoms with Crippen LogP contribution in [0, 0.1) is 6.92 Å². The van der Waals surface area contributed by atoms with Crippen LogP contribution in [0.2, 0.25) is 0 Å². The highest BCUT2D eigenvalue weighted by Crippen LogP contribution is 2.26. The molecule has 0 atom stereocenters. The molecule has 0 saturated carbocycles. The fraction of sp³-hybridized carbons (Fsp3) is 0.435. The minimum absolute atomic E-state index is 0.137. The molecule has 1 fully saturated rings. The van der Waals surface area contributed by atoms with Crippen molar-refractivity contribution < 1.29 is 22.7 Å². The molecular formula is C23H31N3O5S. The molecule has 1 saturated heterocycles. The van der Waals surface area contributed by atoms with Crippen LogP contribution in [0.4, 0.5) is 5.69 Å². The van der Waals surface area contributed by atoms with Crippen LogP contribution < -0.4 is 14.4 Å². The van der Waals surface area contributed by atoms with Crippen molar-refractivity contribution >= 4 is 21.6 Å². The van der Waals surface area contributed by atoms with Gasteiger partial charge in [0, 0.05) is 26.2 Å². The van der Waals surface area contributed by atoms with Gasteiger partial charge < -0.3 is 14.8 Å². The lowest BCUT2D eigenvalue weighted by molar-refractivity contribution is -0.119. The number of hydrogen-bond acceptors (Lipinski definition) is 6. The minimum Gasteiger partial charge on any atom is -0.494 e. The molecule has 0 radical (unpaired) electrons. The fourth-order valence-corrected chi connectivity index (χ4v) is 4.81. The van der Waals surface area contributed by atoms with E-state index >= 15 is 0 Å². The lowest BCUT2D eigenvalue weighted by Gasteiger charge is -2.27. The molecule has 0 aliphatic carbocycles. The first-order valence-electron chi connectivity index (χ1n) is 10.8. The number of rotatable bonds is 10. The number of morpholine rings is 1. The van der Waals surface area contributed by atoms with E-state index in [1.165, 1.54) is 0 Å². The fourth-order valence-electron chi connectivity index (χ4n) is 3.39. The Morgan fingerprint density at radius 3 is 2.38 bits per heavy atom. The Morgan fingerprint density at radius 1 is 1.09 bits per heavy atom. The second-order valence-corrected chi connectivity index (χ2v) is 9.42. The van der Waals surface area contributed by atoms with Crippen LogP contribution >= 0.6 is 0 Å². The average molecular weight is 462 g/mol. The highest BCUT2D eigenvalue weighted by molar-refractivity contribution is 7.92. The van der Waals surface area contributed by atoms with Gasteiger partial charge in [-0.3, -0.25) is 14.0 Å². The van der Waals surface area contributed by atoms with Gasteiger partial charge >= 0.3 is 0 Å². The van der Waals surface area contributed by atoms with Crippen molar-refractivity contribution in [1.82, 2.24) is 10.2 Å². The molecule has 1 aliphatic rings. The molecule has 1 N–H and O–H groups in total. The maximum atomic E-state index is 13.4. The van der Waals surface area contributed by atoms with E-state index in [-0.39, 0.29) is 17.3 Å². The zero-order chi connectivity index (χ0) is 23.0. The predicted molar refractivity (Wildman–Crippen MR) is 124 cm³/mol. The Morgan fingerprint density at radius 2 is 1.75 bits per heavy atom. The van der Waals surface area contributed by atoms with Gasteiger partial charge in [0.05, 0.1) is 30.4 Å². The van der Waals surface area contributed by atoms with Gasteiger partial charge in [0.1, 0.15) is 12.3 Å². The molecule has 2 aromatic carbocycles. The quantitative estimate of drug-likeness (QED) is 0.583. The summed E-state index contributed by atoms with van der Waals surface area (Å²) in [4.78, 5) is 15.0. The van der Waals surface area contributed by atoms with Gasteiger partial charge in [0.25, 0.3) is 10.0 Å². The van der Waals surface area contributed by atoms with Crippen LogP contribution in [-0.2, 0) is 19.6 Å². The number of benzene rings is 2. The summed E-state index contributed by atoms with van der Waals surface area (Å²) in [6.45, 7) is 8.15. The molecule has 9 heteroatoms. The zero-order valence-electron chi connectivity index (χ0n) is 18.6. The molecule has 0 unspecified atom stereocenters. The number of hydrogen-bond donors (Lipinski definition) is 1. The summed E-state index contributed by atoms with van der Waals surface area (Å²) >= 11 is 0. The number of sulfonamides is 1. The van der Waals surface area contributed by atoms with Crippen molar-refractivity contribution in [2.75, 3.05) is 56.8 Å². The molecule has 8 nitrogen and oxygen atoms in total. The maximum absolute atomic E-state index is 13.4. The molecule has 2 aromatic rings. The normalized spacial score (nSPS) is 14.7. The molecule has 3 rings (SSSR count). The van der Waals surface area contributed by atoms with Gasteiger partial charge in [0.15, 0.2) is 0 Å². The van der Waals surface area contributed by atoms with E-state index in [4.69, 9.17) is 9.47 Å². The number of ether oxygens (including phenoxy) is 2. The first-order chi connectivity index (χ1) is 15.4. The molecule has 1 heterocycles. The van der Waals surface area contributed by atoms with Gasteiger partial charge in [-0.05, 0) is 50.2 Å².